The predicted molar refractivity (Wildman–Crippen MR) is 114 cm³/mol. The SMILES string of the molecule is C=CCN1C(=O)C(CC(=O)Nc2ccccc2)S/C1=N/S(=O)(=O)c1ccccc1. The third kappa shape index (κ3) is 5.12. The fraction of sp³-hybridized carbons (Fsp3) is 0.150. The van der Waals surface area contributed by atoms with E-state index in [1.807, 2.05) is 6.07 Å². The lowest BCUT2D eigenvalue weighted by molar-refractivity contribution is -0.127. The second kappa shape index (κ2) is 9.06. The molecule has 150 valence electrons. The molecule has 0 spiro atoms. The average Bonchev–Trinajstić information content (AvgIpc) is 2.98. The zero-order chi connectivity index (χ0) is 20.9. The van der Waals surface area contributed by atoms with Crippen LogP contribution in [0.1, 0.15) is 6.42 Å². The van der Waals surface area contributed by atoms with E-state index in [4.69, 9.17) is 0 Å². The minimum Gasteiger partial charge on any atom is -0.326 e. The lowest BCUT2D eigenvalue weighted by atomic mass is 10.2. The second-order valence-corrected chi connectivity index (χ2v) is 8.90. The first-order chi connectivity index (χ1) is 13.9. The van der Waals surface area contributed by atoms with Crippen molar-refractivity contribution in [1.29, 1.82) is 0 Å². The van der Waals surface area contributed by atoms with Crippen molar-refractivity contribution in [3.63, 3.8) is 0 Å². The highest BCUT2D eigenvalue weighted by Gasteiger charge is 2.39. The van der Waals surface area contributed by atoms with Gasteiger partial charge >= 0.3 is 0 Å². The standard InChI is InChI=1S/C20H19N3O4S2/c1-2-13-23-19(25)17(14-18(24)21-15-9-5-3-6-10-15)28-20(23)22-29(26,27)16-11-7-4-8-12-16/h2-12,17H,1,13-14H2,(H,21,24)/b22-20+. The van der Waals surface area contributed by atoms with Crippen molar-refractivity contribution in [3.8, 4) is 0 Å². The molecule has 0 saturated carbocycles. The Morgan fingerprint density at radius 3 is 2.38 bits per heavy atom. The third-order valence-corrected chi connectivity index (χ3v) is 6.57. The molecule has 1 aliphatic heterocycles. The Labute approximate surface area is 173 Å². The molecule has 0 radical (unpaired) electrons. The molecule has 1 heterocycles. The van der Waals surface area contributed by atoms with E-state index in [9.17, 15) is 18.0 Å². The van der Waals surface area contributed by atoms with E-state index >= 15 is 0 Å². The Kier molecular flexibility index (Phi) is 6.50. The number of nitrogens with one attached hydrogen (secondary N) is 1. The minimum absolute atomic E-state index is 0.0318. The van der Waals surface area contributed by atoms with Crippen LogP contribution in [0.2, 0.25) is 0 Å². The lowest BCUT2D eigenvalue weighted by Gasteiger charge is -2.13. The van der Waals surface area contributed by atoms with E-state index in [1.165, 1.54) is 23.1 Å². The minimum atomic E-state index is -3.98. The van der Waals surface area contributed by atoms with Crippen LogP contribution in [0.3, 0.4) is 0 Å². The van der Waals surface area contributed by atoms with E-state index in [-0.39, 0.29) is 34.8 Å². The molecular weight excluding hydrogens is 410 g/mol. The number of hydrogen-bond donors (Lipinski definition) is 1. The van der Waals surface area contributed by atoms with E-state index in [0.29, 0.717) is 5.69 Å². The molecule has 0 bridgehead atoms. The van der Waals surface area contributed by atoms with Gasteiger partial charge < -0.3 is 5.32 Å². The number of amides is 2. The topological polar surface area (TPSA) is 95.9 Å². The fourth-order valence-electron chi connectivity index (χ4n) is 2.66. The number of nitrogens with zero attached hydrogens (tertiary/aromatic N) is 2. The van der Waals surface area contributed by atoms with Gasteiger partial charge in [-0.15, -0.1) is 11.0 Å². The smallest absolute Gasteiger partial charge is 0.284 e. The van der Waals surface area contributed by atoms with Crippen molar-refractivity contribution in [1.82, 2.24) is 4.90 Å². The van der Waals surface area contributed by atoms with Gasteiger partial charge in [0.1, 0.15) is 5.25 Å². The molecule has 1 N–H and O–H groups in total. The number of rotatable bonds is 7. The monoisotopic (exact) mass is 429 g/mol. The first-order valence-electron chi connectivity index (χ1n) is 8.74. The number of benzene rings is 2. The first kappa shape index (κ1) is 20.8. The molecular formula is C20H19N3O4S2. The highest BCUT2D eigenvalue weighted by Crippen LogP contribution is 2.31. The van der Waals surface area contributed by atoms with Gasteiger partial charge in [-0.2, -0.15) is 8.42 Å². The van der Waals surface area contributed by atoms with Crippen molar-refractivity contribution < 1.29 is 18.0 Å². The molecule has 1 aliphatic rings. The number of sulfonamides is 1. The lowest BCUT2D eigenvalue weighted by Crippen LogP contribution is -2.33. The largest absolute Gasteiger partial charge is 0.326 e. The Bertz CT molecular complexity index is 1040. The number of para-hydroxylation sites is 1. The normalized spacial score (nSPS) is 18.1. The van der Waals surface area contributed by atoms with Gasteiger partial charge in [-0.25, -0.2) is 0 Å². The van der Waals surface area contributed by atoms with Crippen LogP contribution < -0.4 is 5.32 Å². The van der Waals surface area contributed by atoms with E-state index in [2.05, 4.69) is 16.3 Å². The summed E-state index contributed by atoms with van der Waals surface area (Å²) in [5.41, 5.74) is 0.622. The molecule has 0 aliphatic carbocycles. The van der Waals surface area contributed by atoms with Gasteiger partial charge in [0, 0.05) is 18.7 Å². The van der Waals surface area contributed by atoms with Crippen molar-refractivity contribution >= 4 is 44.5 Å². The summed E-state index contributed by atoms with van der Waals surface area (Å²) >= 11 is 0.966. The maximum Gasteiger partial charge on any atom is 0.284 e. The number of hydrogen-bond acceptors (Lipinski definition) is 5. The molecule has 9 heteroatoms. The first-order valence-corrected chi connectivity index (χ1v) is 11.1. The van der Waals surface area contributed by atoms with Gasteiger partial charge in [0.15, 0.2) is 5.17 Å². The van der Waals surface area contributed by atoms with Gasteiger partial charge in [0.2, 0.25) is 11.8 Å². The van der Waals surface area contributed by atoms with Crippen molar-refractivity contribution in [2.75, 3.05) is 11.9 Å². The van der Waals surface area contributed by atoms with Crippen molar-refractivity contribution in [2.45, 2.75) is 16.6 Å². The van der Waals surface area contributed by atoms with Crippen LogP contribution in [0.5, 0.6) is 0 Å². The highest BCUT2D eigenvalue weighted by atomic mass is 32.2. The molecule has 29 heavy (non-hydrogen) atoms. The van der Waals surface area contributed by atoms with Gasteiger partial charge in [-0.3, -0.25) is 14.5 Å². The van der Waals surface area contributed by atoms with Crippen LogP contribution >= 0.6 is 11.8 Å². The number of anilines is 1. The second-order valence-electron chi connectivity index (χ2n) is 6.12. The van der Waals surface area contributed by atoms with Crippen LogP contribution in [0.15, 0.2) is 82.6 Å². The Hall–Kier alpha value is -2.91. The molecule has 2 amide bonds. The molecule has 2 aromatic carbocycles. The Morgan fingerprint density at radius 2 is 1.76 bits per heavy atom. The zero-order valence-corrected chi connectivity index (χ0v) is 17.0. The summed E-state index contributed by atoms with van der Waals surface area (Å²) in [4.78, 5) is 26.3. The summed E-state index contributed by atoms with van der Waals surface area (Å²) in [5.74, 6) is -0.715. The van der Waals surface area contributed by atoms with Crippen LogP contribution in [0.25, 0.3) is 0 Å². The maximum absolute atomic E-state index is 12.7. The van der Waals surface area contributed by atoms with Gasteiger partial charge in [0.05, 0.1) is 4.90 Å². The summed E-state index contributed by atoms with van der Waals surface area (Å²) in [7, 11) is -3.98. The Balaban J connectivity index is 1.79. The average molecular weight is 430 g/mol. The van der Waals surface area contributed by atoms with Crippen LogP contribution in [0, 0.1) is 0 Å². The van der Waals surface area contributed by atoms with Gasteiger partial charge in [0.25, 0.3) is 10.0 Å². The summed E-state index contributed by atoms with van der Waals surface area (Å²) in [6, 6.07) is 16.6. The number of carbonyl (C=O) groups excluding carboxylic acids is 2. The molecule has 7 nitrogen and oxygen atoms in total. The Morgan fingerprint density at radius 1 is 1.14 bits per heavy atom. The quantitative estimate of drug-likeness (QED) is 0.683. The highest BCUT2D eigenvalue weighted by molar-refractivity contribution is 8.16. The predicted octanol–water partition coefficient (Wildman–Crippen LogP) is 2.89. The van der Waals surface area contributed by atoms with E-state index in [0.717, 1.165) is 11.8 Å². The third-order valence-electron chi connectivity index (χ3n) is 4.00. The van der Waals surface area contributed by atoms with Crippen LogP contribution in [0.4, 0.5) is 5.69 Å². The van der Waals surface area contributed by atoms with Crippen molar-refractivity contribution in [3.05, 3.63) is 73.3 Å². The van der Waals surface area contributed by atoms with Crippen LogP contribution in [-0.4, -0.2) is 42.1 Å². The van der Waals surface area contributed by atoms with Gasteiger partial charge in [-0.1, -0.05) is 54.2 Å². The molecule has 3 rings (SSSR count). The van der Waals surface area contributed by atoms with E-state index in [1.54, 1.807) is 42.5 Å². The summed E-state index contributed by atoms with van der Waals surface area (Å²) in [5, 5.41) is 2.00. The maximum atomic E-state index is 12.7. The molecule has 1 unspecified atom stereocenters. The molecule has 1 atom stereocenters. The number of amidine groups is 1. The number of carbonyl (C=O) groups is 2. The molecule has 1 fully saturated rings. The molecule has 0 aromatic heterocycles. The zero-order valence-electron chi connectivity index (χ0n) is 15.4. The molecule has 2 aromatic rings. The summed E-state index contributed by atoms with van der Waals surface area (Å²) in [6.07, 6.45) is 1.38. The summed E-state index contributed by atoms with van der Waals surface area (Å²) < 4.78 is 29.0. The van der Waals surface area contributed by atoms with Crippen LogP contribution in [-0.2, 0) is 19.6 Å². The van der Waals surface area contributed by atoms with Gasteiger partial charge in [-0.05, 0) is 24.3 Å². The van der Waals surface area contributed by atoms with Crippen molar-refractivity contribution in [2.24, 2.45) is 4.40 Å². The fourth-order valence-corrected chi connectivity index (χ4v) is 5.04. The number of thioether (sulfide) groups is 1. The van der Waals surface area contributed by atoms with E-state index < -0.39 is 15.3 Å². The summed E-state index contributed by atoms with van der Waals surface area (Å²) in [6.45, 7) is 3.71. The molecule has 1 saturated heterocycles.